The summed E-state index contributed by atoms with van der Waals surface area (Å²) in [6.07, 6.45) is 0.0206. The molecule has 4 aromatic carbocycles. The van der Waals surface area contributed by atoms with E-state index in [0.29, 0.717) is 16.8 Å². The first kappa shape index (κ1) is 25.9. The Bertz CT molecular complexity index is 1700. The van der Waals surface area contributed by atoms with Crippen LogP contribution in [-0.2, 0) is 21.2 Å². The summed E-state index contributed by atoms with van der Waals surface area (Å²) in [7, 11) is -4.07. The number of furan rings is 1. The maximum Gasteiger partial charge on any atom is 0.322 e. The van der Waals surface area contributed by atoms with Crippen LogP contribution in [0.2, 0.25) is 0 Å². The maximum atomic E-state index is 12.9. The molecule has 5 aromatic rings. The number of aliphatic carboxylic acids is 1. The number of para-hydroxylation sites is 1. The highest BCUT2D eigenvalue weighted by Gasteiger charge is 2.25. The van der Waals surface area contributed by atoms with Crippen molar-refractivity contribution in [1.29, 1.82) is 0 Å². The Morgan fingerprint density at radius 2 is 1.41 bits per heavy atom. The number of sulfonamides is 1. The first-order valence-electron chi connectivity index (χ1n) is 12.1. The van der Waals surface area contributed by atoms with E-state index in [4.69, 9.17) is 4.42 Å². The molecule has 0 spiro atoms. The van der Waals surface area contributed by atoms with Crippen LogP contribution in [0.3, 0.4) is 0 Å². The van der Waals surface area contributed by atoms with Gasteiger partial charge >= 0.3 is 5.97 Å². The second kappa shape index (κ2) is 10.9. The molecule has 0 saturated carbocycles. The van der Waals surface area contributed by atoms with Crippen molar-refractivity contribution < 1.29 is 27.5 Å². The number of carboxylic acid groups (broad SMARTS) is 1. The summed E-state index contributed by atoms with van der Waals surface area (Å²) in [6.45, 7) is 0. The summed E-state index contributed by atoms with van der Waals surface area (Å²) in [6, 6.07) is 29.8. The lowest BCUT2D eigenvalue weighted by molar-refractivity contribution is -0.138. The van der Waals surface area contributed by atoms with Crippen LogP contribution in [0.25, 0.3) is 22.1 Å². The van der Waals surface area contributed by atoms with Gasteiger partial charge in [-0.15, -0.1) is 0 Å². The van der Waals surface area contributed by atoms with Crippen molar-refractivity contribution in [3.63, 3.8) is 0 Å². The number of carbonyl (C=O) groups is 2. The minimum Gasteiger partial charge on any atom is -0.480 e. The van der Waals surface area contributed by atoms with Gasteiger partial charge < -0.3 is 14.8 Å². The summed E-state index contributed by atoms with van der Waals surface area (Å²) >= 11 is 0. The van der Waals surface area contributed by atoms with Crippen LogP contribution < -0.4 is 10.0 Å². The first-order valence-corrected chi connectivity index (χ1v) is 13.6. The smallest absolute Gasteiger partial charge is 0.322 e. The Hall–Kier alpha value is -4.73. The highest BCUT2D eigenvalue weighted by atomic mass is 32.2. The molecule has 0 aliphatic rings. The lowest BCUT2D eigenvalue weighted by Crippen LogP contribution is -2.42. The third kappa shape index (κ3) is 6.06. The lowest BCUT2D eigenvalue weighted by atomic mass is 10.1. The fraction of sp³-hybridized carbons (Fsp3) is 0.0667. The quantitative estimate of drug-likeness (QED) is 0.232. The molecule has 0 unspecified atom stereocenters. The Labute approximate surface area is 225 Å². The van der Waals surface area contributed by atoms with Crippen LogP contribution in [0, 0.1) is 0 Å². The molecule has 8 nitrogen and oxygen atoms in total. The molecule has 0 radical (unpaired) electrons. The number of carboxylic acids is 1. The number of benzene rings is 4. The number of nitrogens with one attached hydrogen (secondary N) is 2. The van der Waals surface area contributed by atoms with Crippen LogP contribution in [0.15, 0.2) is 119 Å². The number of rotatable bonds is 9. The molecule has 9 heteroatoms. The van der Waals surface area contributed by atoms with Crippen LogP contribution in [0.1, 0.15) is 16.1 Å². The third-order valence-electron chi connectivity index (χ3n) is 6.17. The maximum absolute atomic E-state index is 12.9. The highest BCUT2D eigenvalue weighted by Crippen LogP contribution is 2.25. The van der Waals surface area contributed by atoms with E-state index in [0.717, 1.165) is 16.5 Å². The number of amides is 1. The van der Waals surface area contributed by atoms with E-state index in [9.17, 15) is 23.1 Å². The molecule has 1 aromatic heterocycles. The summed E-state index contributed by atoms with van der Waals surface area (Å²) in [5, 5.41) is 13.2. The molecule has 196 valence electrons. The minimum atomic E-state index is -4.07. The van der Waals surface area contributed by atoms with E-state index in [1.807, 2.05) is 18.2 Å². The Balaban J connectivity index is 1.25. The van der Waals surface area contributed by atoms with Gasteiger partial charge in [0.25, 0.3) is 5.91 Å². The van der Waals surface area contributed by atoms with E-state index in [1.165, 1.54) is 12.1 Å². The van der Waals surface area contributed by atoms with Gasteiger partial charge in [-0.3, -0.25) is 9.59 Å². The average Bonchev–Trinajstić information content (AvgIpc) is 3.38. The van der Waals surface area contributed by atoms with E-state index in [2.05, 4.69) is 10.0 Å². The molecule has 0 saturated heterocycles. The van der Waals surface area contributed by atoms with Crippen LogP contribution >= 0.6 is 0 Å². The zero-order chi connectivity index (χ0) is 27.4. The summed E-state index contributed by atoms with van der Waals surface area (Å²) in [5.74, 6) is -1.42. The van der Waals surface area contributed by atoms with E-state index in [1.54, 1.807) is 78.9 Å². The predicted octanol–water partition coefficient (Wildman–Crippen LogP) is 5.33. The van der Waals surface area contributed by atoms with Crippen molar-refractivity contribution in [2.24, 2.45) is 0 Å². The Morgan fingerprint density at radius 3 is 2.05 bits per heavy atom. The van der Waals surface area contributed by atoms with Gasteiger partial charge in [0.15, 0.2) is 5.76 Å². The third-order valence-corrected chi connectivity index (χ3v) is 7.66. The van der Waals surface area contributed by atoms with Crippen LogP contribution in [0.5, 0.6) is 0 Å². The molecule has 39 heavy (non-hydrogen) atoms. The van der Waals surface area contributed by atoms with Gasteiger partial charge in [0.05, 0.1) is 4.90 Å². The lowest BCUT2D eigenvalue weighted by Gasteiger charge is -2.15. The molecular weight excluding hydrogens is 516 g/mol. The van der Waals surface area contributed by atoms with Gasteiger partial charge in [0.1, 0.15) is 11.6 Å². The topological polar surface area (TPSA) is 126 Å². The first-order chi connectivity index (χ1) is 18.8. The Kier molecular flexibility index (Phi) is 7.27. The fourth-order valence-corrected chi connectivity index (χ4v) is 5.33. The molecular formula is C30H24N2O6S. The van der Waals surface area contributed by atoms with Gasteiger partial charge in [-0.1, -0.05) is 72.8 Å². The molecule has 0 aliphatic carbocycles. The predicted molar refractivity (Wildman–Crippen MR) is 148 cm³/mol. The number of anilines is 1. The van der Waals surface area contributed by atoms with Crippen molar-refractivity contribution in [1.82, 2.24) is 4.72 Å². The van der Waals surface area contributed by atoms with Crippen molar-refractivity contribution >= 4 is 38.6 Å². The number of hydrogen-bond acceptors (Lipinski definition) is 5. The highest BCUT2D eigenvalue weighted by molar-refractivity contribution is 7.89. The molecule has 1 heterocycles. The van der Waals surface area contributed by atoms with Crippen LogP contribution in [-0.4, -0.2) is 31.4 Å². The zero-order valence-corrected chi connectivity index (χ0v) is 21.4. The van der Waals surface area contributed by atoms with Gasteiger partial charge in [-0.25, -0.2) is 8.42 Å². The number of hydrogen-bond donors (Lipinski definition) is 3. The molecule has 3 N–H and O–H groups in total. The van der Waals surface area contributed by atoms with Gasteiger partial charge in [0.2, 0.25) is 10.0 Å². The van der Waals surface area contributed by atoms with Crippen LogP contribution in [0.4, 0.5) is 5.69 Å². The van der Waals surface area contributed by atoms with E-state index < -0.39 is 22.0 Å². The average molecular weight is 541 g/mol. The largest absolute Gasteiger partial charge is 0.480 e. The monoisotopic (exact) mass is 540 g/mol. The van der Waals surface area contributed by atoms with Crippen molar-refractivity contribution in [3.8, 4) is 11.1 Å². The van der Waals surface area contributed by atoms with Crippen molar-refractivity contribution in [2.45, 2.75) is 17.4 Å². The minimum absolute atomic E-state index is 0.0206. The molecule has 1 amide bonds. The molecule has 0 bridgehead atoms. The number of carbonyl (C=O) groups excluding carboxylic acids is 1. The fourth-order valence-electron chi connectivity index (χ4n) is 4.14. The van der Waals surface area contributed by atoms with Crippen molar-refractivity contribution in [2.75, 3.05) is 5.32 Å². The second-order valence-corrected chi connectivity index (χ2v) is 10.6. The summed E-state index contributed by atoms with van der Waals surface area (Å²) in [5.41, 5.74) is 3.48. The normalized spacial score (nSPS) is 12.2. The molecule has 0 aliphatic heterocycles. The van der Waals surface area contributed by atoms with Gasteiger partial charge in [-0.2, -0.15) is 4.72 Å². The van der Waals surface area contributed by atoms with E-state index >= 15 is 0 Å². The van der Waals surface area contributed by atoms with Gasteiger partial charge in [-0.05, 0) is 59.5 Å². The van der Waals surface area contributed by atoms with Gasteiger partial charge in [0, 0.05) is 11.1 Å². The molecule has 0 fully saturated rings. The van der Waals surface area contributed by atoms with Crippen molar-refractivity contribution in [3.05, 3.63) is 121 Å². The summed E-state index contributed by atoms with van der Waals surface area (Å²) < 4.78 is 33.7. The number of fused-ring (bicyclic) bond motifs is 1. The zero-order valence-electron chi connectivity index (χ0n) is 20.6. The second-order valence-electron chi connectivity index (χ2n) is 8.91. The van der Waals surface area contributed by atoms with E-state index in [-0.39, 0.29) is 23.0 Å². The summed E-state index contributed by atoms with van der Waals surface area (Å²) in [4.78, 5) is 24.3. The SMILES string of the molecule is O=C(Nc1ccc(-c2ccc(S(=O)(=O)N[C@@H](Cc3ccccc3)C(=O)O)cc2)cc1)c1cc2ccccc2o1. The standard InChI is InChI=1S/C30H24N2O6S/c33-29(28-19-23-8-4-5-9-27(23)38-28)31-24-14-10-21(11-15-24)22-12-16-25(17-13-22)39(36,37)32-26(30(34)35)18-20-6-2-1-3-7-20/h1-17,19,26,32H,18H2,(H,31,33)(H,34,35)/t26-/m0/s1. The molecule has 5 rings (SSSR count). The molecule has 1 atom stereocenters. The Morgan fingerprint density at radius 1 is 0.795 bits per heavy atom.